The van der Waals surface area contributed by atoms with E-state index in [1.54, 1.807) is 33.3 Å². The normalized spacial score (nSPS) is 15.3. The SMILES string of the molecule is O=C(c1cc2sccc2[nH]1)N1CCN(C(=O)c2ccco2)CC1. The van der Waals surface area contributed by atoms with Crippen LogP contribution in [0, 0.1) is 0 Å². The molecule has 23 heavy (non-hydrogen) atoms. The number of furan rings is 1. The molecule has 0 radical (unpaired) electrons. The van der Waals surface area contributed by atoms with Crippen LogP contribution in [0.3, 0.4) is 0 Å². The maximum absolute atomic E-state index is 12.5. The smallest absolute Gasteiger partial charge is 0.289 e. The van der Waals surface area contributed by atoms with Crippen molar-refractivity contribution in [3.8, 4) is 0 Å². The number of H-pyrrole nitrogens is 1. The number of rotatable bonds is 2. The van der Waals surface area contributed by atoms with Gasteiger partial charge >= 0.3 is 0 Å². The number of fused-ring (bicyclic) bond motifs is 1. The van der Waals surface area contributed by atoms with Gasteiger partial charge < -0.3 is 19.2 Å². The van der Waals surface area contributed by atoms with E-state index in [4.69, 9.17) is 4.42 Å². The summed E-state index contributed by atoms with van der Waals surface area (Å²) < 4.78 is 6.22. The van der Waals surface area contributed by atoms with Gasteiger partial charge in [-0.25, -0.2) is 0 Å². The first-order valence-corrected chi connectivity index (χ1v) is 8.28. The van der Waals surface area contributed by atoms with Crippen LogP contribution in [-0.2, 0) is 0 Å². The molecule has 1 aliphatic heterocycles. The number of aromatic amines is 1. The van der Waals surface area contributed by atoms with E-state index in [2.05, 4.69) is 4.98 Å². The van der Waals surface area contributed by atoms with Gasteiger partial charge in [0.2, 0.25) is 0 Å². The van der Waals surface area contributed by atoms with Gasteiger partial charge in [0.25, 0.3) is 11.8 Å². The Labute approximate surface area is 136 Å². The van der Waals surface area contributed by atoms with Crippen molar-refractivity contribution in [1.29, 1.82) is 0 Å². The molecule has 4 heterocycles. The molecule has 3 aromatic heterocycles. The van der Waals surface area contributed by atoms with E-state index < -0.39 is 0 Å². The average Bonchev–Trinajstić information content (AvgIpc) is 3.29. The highest BCUT2D eigenvalue weighted by molar-refractivity contribution is 7.17. The molecule has 0 aromatic carbocycles. The molecule has 1 aliphatic rings. The van der Waals surface area contributed by atoms with Crippen LogP contribution in [0.2, 0.25) is 0 Å². The summed E-state index contributed by atoms with van der Waals surface area (Å²) in [5.74, 6) is 0.204. The van der Waals surface area contributed by atoms with Crippen LogP contribution >= 0.6 is 11.3 Å². The molecule has 6 nitrogen and oxygen atoms in total. The summed E-state index contributed by atoms with van der Waals surface area (Å²) in [6.07, 6.45) is 1.49. The van der Waals surface area contributed by atoms with Crippen LogP contribution in [0.1, 0.15) is 21.0 Å². The maximum Gasteiger partial charge on any atom is 0.289 e. The Morgan fingerprint density at radius 2 is 1.83 bits per heavy atom. The van der Waals surface area contributed by atoms with Crippen LogP contribution in [0.4, 0.5) is 0 Å². The van der Waals surface area contributed by atoms with Gasteiger partial charge in [-0.05, 0) is 29.6 Å². The first-order chi connectivity index (χ1) is 11.2. The Bertz CT molecular complexity index is 813. The van der Waals surface area contributed by atoms with Gasteiger partial charge in [0.1, 0.15) is 5.69 Å². The molecule has 1 saturated heterocycles. The minimum Gasteiger partial charge on any atom is -0.459 e. The maximum atomic E-state index is 12.5. The Morgan fingerprint density at radius 3 is 2.48 bits per heavy atom. The lowest BCUT2D eigenvalue weighted by Crippen LogP contribution is -2.50. The number of piperazine rings is 1. The van der Waals surface area contributed by atoms with E-state index in [9.17, 15) is 9.59 Å². The molecule has 0 saturated carbocycles. The van der Waals surface area contributed by atoms with E-state index >= 15 is 0 Å². The Morgan fingerprint density at radius 1 is 1.09 bits per heavy atom. The predicted octanol–water partition coefficient (Wildman–Crippen LogP) is 2.42. The fraction of sp³-hybridized carbons (Fsp3) is 0.250. The highest BCUT2D eigenvalue weighted by atomic mass is 32.1. The number of carbonyl (C=O) groups is 2. The molecule has 0 aliphatic carbocycles. The molecule has 2 amide bonds. The summed E-state index contributed by atoms with van der Waals surface area (Å²) >= 11 is 1.61. The standard InChI is InChI=1S/C16H15N3O3S/c20-15(12-10-14-11(17-12)3-9-23-14)18-4-6-19(7-5-18)16(21)13-2-1-8-22-13/h1-3,8-10,17H,4-7H2. The molecule has 7 heteroatoms. The molecule has 0 bridgehead atoms. The average molecular weight is 329 g/mol. The molecule has 0 spiro atoms. The molecule has 0 unspecified atom stereocenters. The van der Waals surface area contributed by atoms with Gasteiger partial charge in [-0.2, -0.15) is 0 Å². The first kappa shape index (κ1) is 14.1. The number of amides is 2. The quantitative estimate of drug-likeness (QED) is 0.785. The number of aromatic nitrogens is 1. The first-order valence-electron chi connectivity index (χ1n) is 7.40. The molecule has 118 valence electrons. The van der Waals surface area contributed by atoms with Crippen molar-refractivity contribution < 1.29 is 14.0 Å². The van der Waals surface area contributed by atoms with Crippen LogP contribution < -0.4 is 0 Å². The largest absolute Gasteiger partial charge is 0.459 e. The zero-order valence-electron chi connectivity index (χ0n) is 12.3. The zero-order valence-corrected chi connectivity index (χ0v) is 13.1. The number of nitrogens with zero attached hydrogens (tertiary/aromatic N) is 2. The lowest BCUT2D eigenvalue weighted by atomic mass is 10.2. The summed E-state index contributed by atoms with van der Waals surface area (Å²) in [5, 5.41) is 1.99. The minimum absolute atomic E-state index is 0.0153. The molecular weight excluding hydrogens is 314 g/mol. The van der Waals surface area contributed by atoms with E-state index in [1.807, 2.05) is 17.5 Å². The highest BCUT2D eigenvalue weighted by Crippen LogP contribution is 2.22. The molecule has 3 aromatic rings. The summed E-state index contributed by atoms with van der Waals surface area (Å²) in [6.45, 7) is 2.08. The second-order valence-electron chi connectivity index (χ2n) is 5.44. The summed E-state index contributed by atoms with van der Waals surface area (Å²) in [5.41, 5.74) is 1.60. The third kappa shape index (κ3) is 2.53. The van der Waals surface area contributed by atoms with E-state index in [0.29, 0.717) is 37.6 Å². The topological polar surface area (TPSA) is 69.6 Å². The van der Waals surface area contributed by atoms with Crippen LogP contribution in [0.15, 0.2) is 40.3 Å². The Balaban J connectivity index is 1.42. The number of hydrogen-bond acceptors (Lipinski definition) is 4. The van der Waals surface area contributed by atoms with Gasteiger partial charge in [-0.3, -0.25) is 9.59 Å². The van der Waals surface area contributed by atoms with Crippen molar-refractivity contribution in [3.63, 3.8) is 0 Å². The van der Waals surface area contributed by atoms with Crippen molar-refractivity contribution in [2.75, 3.05) is 26.2 Å². The van der Waals surface area contributed by atoms with Gasteiger partial charge in [-0.15, -0.1) is 11.3 Å². The molecule has 1 N–H and O–H groups in total. The zero-order chi connectivity index (χ0) is 15.8. The van der Waals surface area contributed by atoms with Crippen molar-refractivity contribution in [2.45, 2.75) is 0 Å². The lowest BCUT2D eigenvalue weighted by molar-refractivity contribution is 0.0516. The van der Waals surface area contributed by atoms with Gasteiger partial charge in [0, 0.05) is 26.2 Å². The van der Waals surface area contributed by atoms with Gasteiger partial charge in [0.05, 0.1) is 16.5 Å². The molecular formula is C16H15N3O3S. The van der Waals surface area contributed by atoms with Crippen LogP contribution in [-0.4, -0.2) is 52.8 Å². The van der Waals surface area contributed by atoms with Gasteiger partial charge in [-0.1, -0.05) is 0 Å². The third-order valence-corrected chi connectivity index (χ3v) is 4.92. The predicted molar refractivity (Wildman–Crippen MR) is 86.7 cm³/mol. The Hall–Kier alpha value is -2.54. The summed E-state index contributed by atoms with van der Waals surface area (Å²) in [7, 11) is 0. The van der Waals surface area contributed by atoms with Crippen molar-refractivity contribution >= 4 is 33.4 Å². The number of nitrogens with one attached hydrogen (secondary N) is 1. The molecule has 0 atom stereocenters. The lowest BCUT2D eigenvalue weighted by Gasteiger charge is -2.34. The Kier molecular flexibility index (Phi) is 3.42. The van der Waals surface area contributed by atoms with Gasteiger partial charge in [0.15, 0.2) is 5.76 Å². The number of thiophene rings is 1. The minimum atomic E-state index is -0.123. The van der Waals surface area contributed by atoms with Crippen molar-refractivity contribution in [3.05, 3.63) is 47.4 Å². The number of carbonyl (C=O) groups excluding carboxylic acids is 2. The summed E-state index contributed by atoms with van der Waals surface area (Å²) in [6, 6.07) is 7.22. The third-order valence-electron chi connectivity index (χ3n) is 4.06. The van der Waals surface area contributed by atoms with E-state index in [1.165, 1.54) is 6.26 Å². The second kappa shape index (κ2) is 5.58. The monoisotopic (exact) mass is 329 g/mol. The molecule has 1 fully saturated rings. The van der Waals surface area contributed by atoms with Crippen LogP contribution in [0.25, 0.3) is 10.2 Å². The summed E-state index contributed by atoms with van der Waals surface area (Å²) in [4.78, 5) is 31.4. The fourth-order valence-electron chi connectivity index (χ4n) is 2.80. The van der Waals surface area contributed by atoms with E-state index in [-0.39, 0.29) is 11.8 Å². The highest BCUT2D eigenvalue weighted by Gasteiger charge is 2.27. The molecule has 4 rings (SSSR count). The van der Waals surface area contributed by atoms with Crippen molar-refractivity contribution in [2.24, 2.45) is 0 Å². The van der Waals surface area contributed by atoms with Crippen molar-refractivity contribution in [1.82, 2.24) is 14.8 Å². The van der Waals surface area contributed by atoms with E-state index in [0.717, 1.165) is 10.2 Å². The fourth-order valence-corrected chi connectivity index (χ4v) is 3.59. The number of hydrogen-bond donors (Lipinski definition) is 1. The second-order valence-corrected chi connectivity index (χ2v) is 6.39. The van der Waals surface area contributed by atoms with Crippen LogP contribution in [0.5, 0.6) is 0 Å².